The predicted molar refractivity (Wildman–Crippen MR) is 148 cm³/mol. The van der Waals surface area contributed by atoms with E-state index in [0.29, 0.717) is 17.8 Å². The highest BCUT2D eigenvalue weighted by Gasteiger charge is 2.43. The second kappa shape index (κ2) is 10.8. The van der Waals surface area contributed by atoms with Crippen LogP contribution in [0.4, 0.5) is 4.39 Å². The van der Waals surface area contributed by atoms with Crippen LogP contribution >= 0.6 is 0 Å². The molecule has 2 saturated carbocycles. The fourth-order valence-corrected chi connectivity index (χ4v) is 7.54. The summed E-state index contributed by atoms with van der Waals surface area (Å²) >= 11 is 0. The second-order valence-corrected chi connectivity index (χ2v) is 12.1. The third kappa shape index (κ3) is 5.25. The maximum Gasteiger partial charge on any atom is 0.306 e. The molecule has 4 atom stereocenters. The van der Waals surface area contributed by atoms with Crippen LogP contribution in [-0.4, -0.2) is 45.4 Å². The summed E-state index contributed by atoms with van der Waals surface area (Å²) in [7, 11) is 0. The Morgan fingerprint density at radius 2 is 1.87 bits per heavy atom. The molecule has 0 radical (unpaired) electrons. The molecule has 2 aliphatic carbocycles. The molecule has 2 heterocycles. The Balaban J connectivity index is 1.17. The van der Waals surface area contributed by atoms with Gasteiger partial charge in [0.1, 0.15) is 5.82 Å². The SMILES string of the molecule is CCn1nc2ccccc2c1C1CCN(C[C@H]2CC(C(CC3CC3)C(=O)O)C[C@@H]2c2cccc(F)c2)CC1. The largest absolute Gasteiger partial charge is 0.481 e. The van der Waals surface area contributed by atoms with E-state index in [2.05, 4.69) is 40.8 Å². The van der Waals surface area contributed by atoms with Gasteiger partial charge in [-0.25, -0.2) is 4.39 Å². The number of carboxylic acids is 1. The van der Waals surface area contributed by atoms with Gasteiger partial charge in [-0.3, -0.25) is 9.48 Å². The summed E-state index contributed by atoms with van der Waals surface area (Å²) in [5, 5.41) is 16.2. The number of aromatic nitrogens is 2. The van der Waals surface area contributed by atoms with Crippen molar-refractivity contribution in [2.75, 3.05) is 19.6 Å². The Kier molecular flexibility index (Phi) is 7.26. The molecule has 0 amide bonds. The Bertz CT molecular complexity index is 1280. The molecule has 202 valence electrons. The van der Waals surface area contributed by atoms with Crippen LogP contribution in [0.5, 0.6) is 0 Å². The summed E-state index contributed by atoms with van der Waals surface area (Å²) in [5.74, 6) is 0.755. The smallest absolute Gasteiger partial charge is 0.306 e. The molecule has 2 aromatic carbocycles. The molecule has 1 aliphatic heterocycles. The lowest BCUT2D eigenvalue weighted by Gasteiger charge is -2.35. The van der Waals surface area contributed by atoms with Gasteiger partial charge in [0, 0.05) is 30.1 Å². The molecule has 0 bridgehead atoms. The lowest BCUT2D eigenvalue weighted by molar-refractivity contribution is -0.144. The van der Waals surface area contributed by atoms with Crippen LogP contribution in [0.25, 0.3) is 10.9 Å². The van der Waals surface area contributed by atoms with Gasteiger partial charge >= 0.3 is 5.97 Å². The van der Waals surface area contributed by atoms with Crippen molar-refractivity contribution >= 4 is 16.9 Å². The number of benzene rings is 2. The predicted octanol–water partition coefficient (Wildman–Crippen LogP) is 6.69. The van der Waals surface area contributed by atoms with E-state index in [4.69, 9.17) is 5.10 Å². The quantitative estimate of drug-likeness (QED) is 0.344. The van der Waals surface area contributed by atoms with E-state index in [0.717, 1.165) is 69.4 Å². The molecule has 1 N–H and O–H groups in total. The first-order valence-corrected chi connectivity index (χ1v) is 14.7. The standard InChI is InChI=1S/C32H40FN3O2/c1-2-36-31(27-8-3-4-9-30(27)34-36)22-12-14-35(15-13-22)20-25-17-24(29(32(37)38)16-21-10-11-21)19-28(25)23-6-5-7-26(33)18-23/h3-9,18,21-22,24-25,28-29H,2,10-17,19-20H2,1H3,(H,37,38)/t24?,25-,28-,29?/m1/s1. The zero-order valence-corrected chi connectivity index (χ0v) is 22.4. The molecule has 6 heteroatoms. The zero-order chi connectivity index (χ0) is 26.2. The number of fused-ring (bicyclic) bond motifs is 1. The van der Waals surface area contributed by atoms with Crippen LogP contribution in [-0.2, 0) is 11.3 Å². The summed E-state index contributed by atoms with van der Waals surface area (Å²) in [4.78, 5) is 14.8. The average Bonchev–Trinajstić information content (AvgIpc) is 3.53. The van der Waals surface area contributed by atoms with Crippen molar-refractivity contribution in [3.8, 4) is 0 Å². The van der Waals surface area contributed by atoms with Crippen molar-refractivity contribution in [2.45, 2.75) is 70.3 Å². The molecule has 2 unspecified atom stereocenters. The Labute approximate surface area is 225 Å². The van der Waals surface area contributed by atoms with E-state index < -0.39 is 5.97 Å². The lowest BCUT2D eigenvalue weighted by atomic mass is 9.85. The van der Waals surface area contributed by atoms with E-state index in [-0.39, 0.29) is 23.6 Å². The number of carboxylic acid groups (broad SMARTS) is 1. The van der Waals surface area contributed by atoms with Crippen molar-refractivity contribution in [3.05, 3.63) is 65.6 Å². The molecule has 3 aromatic rings. The van der Waals surface area contributed by atoms with Crippen molar-refractivity contribution in [2.24, 2.45) is 23.7 Å². The Hall–Kier alpha value is -2.73. The van der Waals surface area contributed by atoms with Crippen molar-refractivity contribution in [1.29, 1.82) is 0 Å². The molecule has 1 saturated heterocycles. The topological polar surface area (TPSA) is 58.4 Å². The maximum atomic E-state index is 14.2. The molecule has 5 nitrogen and oxygen atoms in total. The minimum Gasteiger partial charge on any atom is -0.481 e. The summed E-state index contributed by atoms with van der Waals surface area (Å²) in [6.45, 7) is 6.09. The average molecular weight is 518 g/mol. The third-order valence-electron chi connectivity index (χ3n) is 9.63. The second-order valence-electron chi connectivity index (χ2n) is 12.1. The Morgan fingerprint density at radius 3 is 2.58 bits per heavy atom. The number of piperidine rings is 1. The number of hydrogen-bond acceptors (Lipinski definition) is 3. The van der Waals surface area contributed by atoms with E-state index in [1.807, 2.05) is 6.07 Å². The zero-order valence-electron chi connectivity index (χ0n) is 22.4. The molecule has 0 spiro atoms. The summed E-state index contributed by atoms with van der Waals surface area (Å²) in [5.41, 5.74) is 3.51. The van der Waals surface area contributed by atoms with E-state index in [1.54, 1.807) is 12.1 Å². The third-order valence-corrected chi connectivity index (χ3v) is 9.63. The van der Waals surface area contributed by atoms with Gasteiger partial charge in [0.05, 0.1) is 11.4 Å². The number of aryl methyl sites for hydroxylation is 1. The molecular formula is C32H40FN3O2. The number of rotatable bonds is 9. The van der Waals surface area contributed by atoms with Crippen molar-refractivity contribution in [3.63, 3.8) is 0 Å². The Morgan fingerprint density at radius 1 is 1.08 bits per heavy atom. The van der Waals surface area contributed by atoms with Crippen LogP contribution in [0.15, 0.2) is 48.5 Å². The van der Waals surface area contributed by atoms with Crippen LogP contribution in [0.3, 0.4) is 0 Å². The first-order chi connectivity index (χ1) is 18.5. The number of carbonyl (C=O) groups is 1. The molecule has 38 heavy (non-hydrogen) atoms. The van der Waals surface area contributed by atoms with Gasteiger partial charge in [-0.2, -0.15) is 5.10 Å². The summed E-state index contributed by atoms with van der Waals surface area (Å²) in [6.07, 6.45) is 7.16. The number of aliphatic carboxylic acids is 1. The lowest BCUT2D eigenvalue weighted by Crippen LogP contribution is -2.37. The van der Waals surface area contributed by atoms with Crippen molar-refractivity contribution < 1.29 is 14.3 Å². The van der Waals surface area contributed by atoms with E-state index in [9.17, 15) is 14.3 Å². The van der Waals surface area contributed by atoms with Crippen LogP contribution in [0, 0.1) is 29.5 Å². The fourth-order valence-electron chi connectivity index (χ4n) is 7.54. The van der Waals surface area contributed by atoms with Gasteiger partial charge in [-0.15, -0.1) is 0 Å². The minimum atomic E-state index is -0.638. The van der Waals surface area contributed by atoms with Gasteiger partial charge in [-0.1, -0.05) is 43.2 Å². The number of halogens is 1. The van der Waals surface area contributed by atoms with Crippen molar-refractivity contribution in [1.82, 2.24) is 14.7 Å². The maximum absolute atomic E-state index is 14.2. The first-order valence-electron chi connectivity index (χ1n) is 14.7. The van der Waals surface area contributed by atoms with Crippen LogP contribution < -0.4 is 0 Å². The summed E-state index contributed by atoms with van der Waals surface area (Å²) < 4.78 is 16.4. The van der Waals surface area contributed by atoms with E-state index >= 15 is 0 Å². The highest BCUT2D eigenvalue weighted by molar-refractivity contribution is 5.82. The van der Waals surface area contributed by atoms with Gasteiger partial charge in [0.25, 0.3) is 0 Å². The van der Waals surface area contributed by atoms with Gasteiger partial charge in [0.15, 0.2) is 0 Å². The number of hydrogen-bond donors (Lipinski definition) is 1. The van der Waals surface area contributed by atoms with E-state index in [1.165, 1.54) is 30.0 Å². The monoisotopic (exact) mass is 517 g/mol. The minimum absolute atomic E-state index is 0.175. The molecule has 1 aromatic heterocycles. The van der Waals surface area contributed by atoms with Gasteiger partial charge < -0.3 is 10.0 Å². The summed E-state index contributed by atoms with van der Waals surface area (Å²) in [6, 6.07) is 15.5. The molecule has 3 fully saturated rings. The van der Waals surface area contributed by atoms with Gasteiger partial charge in [0.2, 0.25) is 0 Å². The highest BCUT2D eigenvalue weighted by atomic mass is 19.1. The molecule has 6 rings (SSSR count). The fraction of sp³-hybridized carbons (Fsp3) is 0.562. The number of nitrogens with zero attached hydrogens (tertiary/aromatic N) is 3. The number of likely N-dealkylation sites (tertiary alicyclic amines) is 1. The van der Waals surface area contributed by atoms with Crippen LogP contribution in [0.1, 0.15) is 75.0 Å². The first kappa shape index (κ1) is 25.5. The molecule has 3 aliphatic rings. The van der Waals surface area contributed by atoms with Crippen LogP contribution in [0.2, 0.25) is 0 Å². The normalized spacial score (nSPS) is 25.7. The molecular weight excluding hydrogens is 477 g/mol. The van der Waals surface area contributed by atoms with Gasteiger partial charge in [-0.05, 0) is 99.6 Å². The highest BCUT2D eigenvalue weighted by Crippen LogP contribution is 2.50.